The smallest absolute Gasteiger partial charge is 0.386 e. The zero-order valence-electron chi connectivity index (χ0n) is 35.4. The third-order valence-electron chi connectivity index (χ3n) is 10.1. The molecule has 0 aromatic carbocycles. The Labute approximate surface area is 376 Å². The molecule has 2 amide bonds. The number of carbonyl (C=O) groups excluding carboxylic acids is 5. The molecule has 364 valence electrons. The van der Waals surface area contributed by atoms with Gasteiger partial charge in [0.05, 0.1) is 26.0 Å². The Balaban J connectivity index is 1.16. The summed E-state index contributed by atoms with van der Waals surface area (Å²) in [5.74, 6) is -1.82. The van der Waals surface area contributed by atoms with Gasteiger partial charge in [-0.3, -0.25) is 42.1 Å². The third kappa shape index (κ3) is 16.4. The van der Waals surface area contributed by atoms with Gasteiger partial charge in [-0.2, -0.15) is 4.31 Å². The van der Waals surface area contributed by atoms with E-state index in [1.807, 2.05) is 19.1 Å². The molecule has 0 bridgehead atoms. The number of nitrogen functional groups attached to an aromatic ring is 1. The van der Waals surface area contributed by atoms with Crippen LogP contribution in [0.2, 0.25) is 0 Å². The minimum Gasteiger partial charge on any atom is -0.386 e. The van der Waals surface area contributed by atoms with Gasteiger partial charge in [0.2, 0.25) is 11.8 Å². The van der Waals surface area contributed by atoms with Crippen LogP contribution in [0.3, 0.4) is 0 Å². The summed E-state index contributed by atoms with van der Waals surface area (Å²) in [6.45, 7) is 2.20. The number of rotatable bonds is 26. The number of aromatic nitrogens is 4. The highest BCUT2D eigenvalue weighted by Gasteiger charge is 2.50. The van der Waals surface area contributed by atoms with Crippen LogP contribution in [0.1, 0.15) is 71.9 Å². The van der Waals surface area contributed by atoms with Crippen LogP contribution in [0.5, 0.6) is 0 Å². The summed E-state index contributed by atoms with van der Waals surface area (Å²) in [7, 11) is -16.5. The molecule has 1 aliphatic heterocycles. The number of nitrogens with two attached hydrogens (primary N) is 1. The predicted octanol–water partition coefficient (Wildman–Crippen LogP) is 0.966. The van der Waals surface area contributed by atoms with Crippen molar-refractivity contribution in [1.82, 2.24) is 30.2 Å². The number of amides is 2. The Kier molecular flexibility index (Phi) is 19.7. The maximum atomic E-state index is 12.7. The topological polar surface area (TPSA) is 398 Å². The number of carbonyl (C=O) groups is 5. The molecular formula is C35H54N7O19P3S. The van der Waals surface area contributed by atoms with Gasteiger partial charge in [0.25, 0.3) is 0 Å². The molecule has 9 atom stereocenters. The molecular weight excluding hydrogens is 947 g/mol. The second-order valence-corrected chi connectivity index (χ2v) is 21.1. The summed E-state index contributed by atoms with van der Waals surface area (Å²) in [5, 5.41) is 26.1. The van der Waals surface area contributed by atoms with Crippen LogP contribution in [-0.4, -0.2) is 134 Å². The van der Waals surface area contributed by atoms with Crippen molar-refractivity contribution >= 4 is 80.7 Å². The SMILES string of the molecule is CC/C=C\C[C@@H]1C(=O)CC[C@@H]1CC(=O)CC(=O)SCCNC(=O)CCNC(=O)C(O)C(C)(C)COP(=O)(O)OP(=O)(O)OC[C@H]1O[C@@H](n2cnc3c(N)ncnc32)[C@H](O)[C@@H]1OP(=O)(O)O. The minimum absolute atomic E-state index is 0.0197. The van der Waals surface area contributed by atoms with Crippen LogP contribution in [0.15, 0.2) is 24.8 Å². The second kappa shape index (κ2) is 23.6. The lowest BCUT2D eigenvalue weighted by Gasteiger charge is -2.30. The summed E-state index contributed by atoms with van der Waals surface area (Å²) in [5.41, 5.74) is 4.21. The summed E-state index contributed by atoms with van der Waals surface area (Å²) in [6, 6.07) is 0. The molecule has 1 saturated heterocycles. The van der Waals surface area contributed by atoms with E-state index in [4.69, 9.17) is 19.5 Å². The normalized spacial score (nSPS) is 23.9. The van der Waals surface area contributed by atoms with Crippen LogP contribution in [0, 0.1) is 17.3 Å². The maximum Gasteiger partial charge on any atom is 0.481 e. The summed E-state index contributed by atoms with van der Waals surface area (Å²) in [6.07, 6.45) is -0.847. The first-order chi connectivity index (χ1) is 30.3. The first kappa shape index (κ1) is 54.2. The van der Waals surface area contributed by atoms with Crippen molar-refractivity contribution in [2.45, 2.75) is 96.4 Å². The zero-order valence-corrected chi connectivity index (χ0v) is 38.9. The first-order valence-electron chi connectivity index (χ1n) is 20.1. The number of ether oxygens (including phenoxy) is 1. The number of ketones is 2. The Hall–Kier alpha value is -3.36. The fourth-order valence-electron chi connectivity index (χ4n) is 6.83. The second-order valence-electron chi connectivity index (χ2n) is 15.7. The van der Waals surface area contributed by atoms with Crippen LogP contribution in [0.4, 0.5) is 5.82 Å². The third-order valence-corrected chi connectivity index (χ3v) is 14.1. The van der Waals surface area contributed by atoms with Crippen LogP contribution < -0.4 is 16.4 Å². The van der Waals surface area contributed by atoms with E-state index < -0.39 is 84.6 Å². The molecule has 4 rings (SSSR count). The average molecular weight is 1000 g/mol. The molecule has 10 N–H and O–H groups in total. The van der Waals surface area contributed by atoms with Gasteiger partial charge in [0.1, 0.15) is 47.8 Å². The molecule has 1 saturated carbocycles. The van der Waals surface area contributed by atoms with Gasteiger partial charge in [0.15, 0.2) is 22.8 Å². The molecule has 2 fully saturated rings. The van der Waals surface area contributed by atoms with Crippen molar-refractivity contribution in [3.63, 3.8) is 0 Å². The van der Waals surface area contributed by atoms with Crippen LogP contribution in [-0.2, 0) is 60.3 Å². The number of phosphoric ester groups is 3. The van der Waals surface area contributed by atoms with Crippen molar-refractivity contribution in [3.05, 3.63) is 24.8 Å². The summed E-state index contributed by atoms with van der Waals surface area (Å²) in [4.78, 5) is 113. The number of aliphatic hydroxyl groups is 2. The van der Waals surface area contributed by atoms with Crippen molar-refractivity contribution in [2.75, 3.05) is 37.8 Å². The van der Waals surface area contributed by atoms with Gasteiger partial charge < -0.3 is 50.9 Å². The van der Waals surface area contributed by atoms with E-state index in [-0.39, 0.29) is 83.6 Å². The molecule has 1 aliphatic carbocycles. The number of allylic oxidation sites excluding steroid dienone is 2. The Morgan fingerprint density at radius 3 is 2.46 bits per heavy atom. The van der Waals surface area contributed by atoms with Crippen molar-refractivity contribution in [2.24, 2.45) is 17.3 Å². The standard InChI is InChI=1S/C35H54N7O19P3S/c1-4-5-6-7-22-20(8-9-23(22)44)14-21(43)15-26(46)65-13-12-37-25(45)10-11-38-33(49)30(48)35(2,3)17-58-64(55,56)61-63(53,54)57-16-24-29(60-62(50,51)52)28(47)34(59-24)42-19-41-27-31(36)39-18-40-32(27)42/h5-6,18-20,22,24,28-30,34,47-48H,4,7-17H2,1-3H3,(H,37,45)(H,38,49)(H,53,54)(H,55,56)(H2,36,39,40)(H2,50,51,52)/b6-5-/t20-,22+,24-,28-,29-,30?,34-/m1/s1. The number of phosphoric acid groups is 3. The van der Waals surface area contributed by atoms with Crippen molar-refractivity contribution in [3.8, 4) is 0 Å². The molecule has 2 aromatic rings. The molecule has 26 nitrogen and oxygen atoms in total. The van der Waals surface area contributed by atoms with Gasteiger partial charge in [-0.05, 0) is 25.2 Å². The molecule has 0 radical (unpaired) electrons. The lowest BCUT2D eigenvalue weighted by Crippen LogP contribution is -2.46. The number of fused-ring (bicyclic) bond motifs is 1. The zero-order chi connectivity index (χ0) is 48.3. The molecule has 30 heteroatoms. The molecule has 3 heterocycles. The van der Waals surface area contributed by atoms with Gasteiger partial charge in [-0.25, -0.2) is 28.6 Å². The van der Waals surface area contributed by atoms with Gasteiger partial charge in [0, 0.05) is 49.4 Å². The number of thioether (sulfide) groups is 1. The number of imidazole rings is 1. The first-order valence-corrected chi connectivity index (χ1v) is 25.6. The molecule has 65 heavy (non-hydrogen) atoms. The highest BCUT2D eigenvalue weighted by atomic mass is 32.2. The van der Waals surface area contributed by atoms with Crippen molar-refractivity contribution in [1.29, 1.82) is 0 Å². The van der Waals surface area contributed by atoms with E-state index in [9.17, 15) is 67.5 Å². The van der Waals surface area contributed by atoms with E-state index in [2.05, 4.69) is 34.4 Å². The number of aliphatic hydroxyl groups excluding tert-OH is 2. The number of Topliss-reactive ketones (excluding diaryl/α,β-unsaturated/α-hetero) is 2. The van der Waals surface area contributed by atoms with Gasteiger partial charge in [-0.15, -0.1) is 0 Å². The number of nitrogens with zero attached hydrogens (tertiary/aromatic N) is 4. The van der Waals surface area contributed by atoms with E-state index in [0.29, 0.717) is 19.3 Å². The Morgan fingerprint density at radius 1 is 1.06 bits per heavy atom. The largest absolute Gasteiger partial charge is 0.481 e. The van der Waals surface area contributed by atoms with Crippen LogP contribution in [0.25, 0.3) is 11.2 Å². The number of hydrogen-bond donors (Lipinski definition) is 9. The van der Waals surface area contributed by atoms with Crippen molar-refractivity contribution < 1.29 is 90.1 Å². The van der Waals surface area contributed by atoms with E-state index >= 15 is 0 Å². The quantitative estimate of drug-likeness (QED) is 0.0274. The van der Waals surface area contributed by atoms with Crippen LogP contribution >= 0.6 is 35.2 Å². The van der Waals surface area contributed by atoms with E-state index in [0.717, 1.165) is 35.4 Å². The number of anilines is 1. The molecule has 3 unspecified atom stereocenters. The van der Waals surface area contributed by atoms with E-state index in [1.54, 1.807) is 0 Å². The molecule has 2 aliphatic rings. The average Bonchev–Trinajstić information content (AvgIpc) is 3.88. The highest BCUT2D eigenvalue weighted by Crippen LogP contribution is 2.61. The molecule has 2 aromatic heterocycles. The Morgan fingerprint density at radius 2 is 1.77 bits per heavy atom. The fourth-order valence-corrected chi connectivity index (χ4v) is 10.4. The maximum absolute atomic E-state index is 12.7. The summed E-state index contributed by atoms with van der Waals surface area (Å²) < 4.78 is 62.3. The van der Waals surface area contributed by atoms with E-state index in [1.165, 1.54) is 13.8 Å². The van der Waals surface area contributed by atoms with Gasteiger partial charge >= 0.3 is 23.5 Å². The Bertz CT molecular complexity index is 2210. The lowest BCUT2D eigenvalue weighted by atomic mass is 9.87. The predicted molar refractivity (Wildman–Crippen MR) is 227 cm³/mol. The highest BCUT2D eigenvalue weighted by molar-refractivity contribution is 8.13. The fraction of sp³-hybridized carbons (Fsp3) is 0.657. The summed E-state index contributed by atoms with van der Waals surface area (Å²) >= 11 is 0.876. The van der Waals surface area contributed by atoms with Gasteiger partial charge in [-0.1, -0.05) is 44.7 Å². The monoisotopic (exact) mass is 1000 g/mol. The molecule has 0 spiro atoms. The minimum atomic E-state index is -5.60. The lowest BCUT2D eigenvalue weighted by molar-refractivity contribution is -0.137. The number of hydrogen-bond acceptors (Lipinski definition) is 20. The number of nitrogens with one attached hydrogen (secondary N) is 2.